The SMILES string of the molecule is COc1ccc2nc(-c3ccc(NS(=O)(=O)c4cn(C)c(C)n4)cc3Cl)sc2c1. The topological polar surface area (TPSA) is 86.1 Å². The van der Waals surface area contributed by atoms with E-state index in [1.165, 1.54) is 17.5 Å². The fourth-order valence-electron chi connectivity index (χ4n) is 2.76. The molecular weight excluding hydrogens is 432 g/mol. The van der Waals surface area contributed by atoms with E-state index in [0.717, 1.165) is 26.5 Å². The summed E-state index contributed by atoms with van der Waals surface area (Å²) in [6.07, 6.45) is 1.46. The van der Waals surface area contributed by atoms with Crippen LogP contribution < -0.4 is 9.46 Å². The average Bonchev–Trinajstić information content (AvgIpc) is 3.24. The van der Waals surface area contributed by atoms with Crippen LogP contribution in [0.1, 0.15) is 5.82 Å². The Kier molecular flexibility index (Phi) is 4.97. The zero-order chi connectivity index (χ0) is 20.8. The molecule has 0 aliphatic carbocycles. The van der Waals surface area contributed by atoms with Crippen molar-refractivity contribution in [3.8, 4) is 16.3 Å². The Morgan fingerprint density at radius 2 is 1.97 bits per heavy atom. The average molecular weight is 449 g/mol. The summed E-state index contributed by atoms with van der Waals surface area (Å²) >= 11 is 7.93. The van der Waals surface area contributed by atoms with E-state index < -0.39 is 10.0 Å². The summed E-state index contributed by atoms with van der Waals surface area (Å²) in [5.41, 5.74) is 1.92. The van der Waals surface area contributed by atoms with Gasteiger partial charge < -0.3 is 9.30 Å². The van der Waals surface area contributed by atoms with Crippen LogP contribution >= 0.6 is 22.9 Å². The molecule has 1 N–H and O–H groups in total. The number of halogens is 1. The van der Waals surface area contributed by atoms with Crippen LogP contribution in [-0.4, -0.2) is 30.1 Å². The maximum absolute atomic E-state index is 12.6. The summed E-state index contributed by atoms with van der Waals surface area (Å²) < 4.78 is 35.5. The van der Waals surface area contributed by atoms with Crippen LogP contribution in [-0.2, 0) is 17.1 Å². The molecule has 2 aromatic carbocycles. The predicted octanol–water partition coefficient (Wildman–Crippen LogP) is 4.47. The number of anilines is 1. The third kappa shape index (κ3) is 3.81. The predicted molar refractivity (Wildman–Crippen MR) is 115 cm³/mol. The van der Waals surface area contributed by atoms with Gasteiger partial charge in [0.05, 0.1) is 28.0 Å². The maximum atomic E-state index is 12.6. The minimum Gasteiger partial charge on any atom is -0.497 e. The summed E-state index contributed by atoms with van der Waals surface area (Å²) in [5.74, 6) is 1.36. The lowest BCUT2D eigenvalue weighted by molar-refractivity contribution is 0.415. The molecule has 0 aliphatic rings. The van der Waals surface area contributed by atoms with E-state index in [9.17, 15) is 8.42 Å². The van der Waals surface area contributed by atoms with Crippen molar-refractivity contribution in [1.82, 2.24) is 14.5 Å². The van der Waals surface area contributed by atoms with Crippen LogP contribution in [0.25, 0.3) is 20.8 Å². The van der Waals surface area contributed by atoms with Crippen molar-refractivity contribution in [3.63, 3.8) is 0 Å². The van der Waals surface area contributed by atoms with Crippen LogP contribution in [0, 0.1) is 6.92 Å². The third-order valence-electron chi connectivity index (χ3n) is 4.41. The van der Waals surface area contributed by atoms with Crippen LogP contribution in [0.15, 0.2) is 47.6 Å². The van der Waals surface area contributed by atoms with Gasteiger partial charge in [0.25, 0.3) is 10.0 Å². The Morgan fingerprint density at radius 1 is 1.17 bits per heavy atom. The number of fused-ring (bicyclic) bond motifs is 1. The summed E-state index contributed by atoms with van der Waals surface area (Å²) in [6, 6.07) is 10.6. The molecule has 150 valence electrons. The molecule has 0 aliphatic heterocycles. The molecule has 4 rings (SSSR count). The van der Waals surface area contributed by atoms with Crippen molar-refractivity contribution < 1.29 is 13.2 Å². The highest BCUT2D eigenvalue weighted by atomic mass is 35.5. The zero-order valence-corrected chi connectivity index (χ0v) is 18.2. The van der Waals surface area contributed by atoms with Crippen LogP contribution in [0.3, 0.4) is 0 Å². The van der Waals surface area contributed by atoms with E-state index >= 15 is 0 Å². The lowest BCUT2D eigenvalue weighted by Crippen LogP contribution is -2.13. The molecule has 0 saturated heterocycles. The van der Waals surface area contributed by atoms with Gasteiger partial charge in [-0.2, -0.15) is 8.42 Å². The van der Waals surface area contributed by atoms with Crippen molar-refractivity contribution in [2.45, 2.75) is 11.9 Å². The maximum Gasteiger partial charge on any atom is 0.280 e. The number of imidazole rings is 1. The highest BCUT2D eigenvalue weighted by Crippen LogP contribution is 2.37. The van der Waals surface area contributed by atoms with E-state index in [2.05, 4.69) is 14.7 Å². The van der Waals surface area contributed by atoms with Crippen molar-refractivity contribution in [2.24, 2.45) is 7.05 Å². The van der Waals surface area contributed by atoms with E-state index in [-0.39, 0.29) is 5.03 Å². The summed E-state index contributed by atoms with van der Waals surface area (Å²) in [4.78, 5) is 8.68. The molecule has 0 atom stereocenters. The lowest BCUT2D eigenvalue weighted by Gasteiger charge is -2.08. The number of methoxy groups -OCH3 is 1. The second-order valence-electron chi connectivity index (χ2n) is 6.39. The number of aryl methyl sites for hydroxylation is 2. The number of ether oxygens (including phenoxy) is 1. The fraction of sp³-hybridized carbons (Fsp3) is 0.158. The standard InChI is InChI=1S/C19H17ClN4O3S2/c1-11-21-18(10-24(11)2)29(25,26)23-12-4-6-14(15(20)8-12)19-22-16-7-5-13(27-3)9-17(16)28-19/h4-10,23H,1-3H3. The molecular formula is C19H17ClN4O3S2. The minimum absolute atomic E-state index is 0.0437. The Morgan fingerprint density at radius 3 is 2.62 bits per heavy atom. The molecule has 0 unspecified atom stereocenters. The Hall–Kier alpha value is -2.62. The van der Waals surface area contributed by atoms with E-state index in [0.29, 0.717) is 16.5 Å². The van der Waals surface area contributed by atoms with Crippen LogP contribution in [0.5, 0.6) is 5.75 Å². The van der Waals surface area contributed by atoms with Crippen LogP contribution in [0.4, 0.5) is 5.69 Å². The number of aromatic nitrogens is 3. The Balaban J connectivity index is 1.64. The summed E-state index contributed by atoms with van der Waals surface area (Å²) in [7, 11) is -0.451. The zero-order valence-electron chi connectivity index (χ0n) is 15.8. The first-order valence-corrected chi connectivity index (χ1v) is 11.2. The smallest absolute Gasteiger partial charge is 0.280 e. The largest absolute Gasteiger partial charge is 0.497 e. The van der Waals surface area contributed by atoms with Gasteiger partial charge in [-0.3, -0.25) is 4.72 Å². The molecule has 0 saturated carbocycles. The van der Waals surface area contributed by atoms with Crippen LogP contribution in [0.2, 0.25) is 5.02 Å². The molecule has 29 heavy (non-hydrogen) atoms. The minimum atomic E-state index is -3.80. The molecule has 2 aromatic heterocycles. The molecule has 0 bridgehead atoms. The van der Waals surface area contributed by atoms with Gasteiger partial charge in [-0.05, 0) is 43.3 Å². The number of nitrogens with one attached hydrogen (secondary N) is 1. The van der Waals surface area contributed by atoms with Gasteiger partial charge in [0.15, 0.2) is 5.03 Å². The van der Waals surface area contributed by atoms with Crippen molar-refractivity contribution in [2.75, 3.05) is 11.8 Å². The third-order valence-corrected chi connectivity index (χ3v) is 7.03. The van der Waals surface area contributed by atoms with Crippen molar-refractivity contribution in [3.05, 3.63) is 53.4 Å². The quantitative estimate of drug-likeness (QED) is 0.486. The number of hydrogen-bond donors (Lipinski definition) is 1. The second kappa shape index (κ2) is 7.33. The monoisotopic (exact) mass is 448 g/mol. The molecule has 0 amide bonds. The molecule has 0 radical (unpaired) electrons. The van der Waals surface area contributed by atoms with Gasteiger partial charge in [0.1, 0.15) is 16.6 Å². The first kappa shape index (κ1) is 19.7. The highest BCUT2D eigenvalue weighted by molar-refractivity contribution is 7.92. The number of sulfonamides is 1. The number of nitrogens with zero attached hydrogens (tertiary/aromatic N) is 3. The van der Waals surface area contributed by atoms with Crippen molar-refractivity contribution in [1.29, 1.82) is 0 Å². The second-order valence-corrected chi connectivity index (χ2v) is 9.46. The Bertz CT molecular complexity index is 1310. The molecule has 7 nitrogen and oxygen atoms in total. The van der Waals surface area contributed by atoms with Gasteiger partial charge in [-0.1, -0.05) is 11.6 Å². The van der Waals surface area contributed by atoms with Gasteiger partial charge in [-0.15, -0.1) is 11.3 Å². The molecule has 4 aromatic rings. The normalized spacial score (nSPS) is 11.7. The first-order valence-electron chi connectivity index (χ1n) is 8.54. The summed E-state index contributed by atoms with van der Waals surface area (Å²) in [6.45, 7) is 1.73. The molecule has 0 spiro atoms. The fourth-order valence-corrected chi connectivity index (χ4v) is 5.21. The van der Waals surface area contributed by atoms with Gasteiger partial charge in [0.2, 0.25) is 0 Å². The number of rotatable bonds is 5. The summed E-state index contributed by atoms with van der Waals surface area (Å²) in [5, 5.41) is 1.10. The molecule has 10 heteroatoms. The highest BCUT2D eigenvalue weighted by Gasteiger charge is 2.19. The van der Waals surface area contributed by atoms with Crippen molar-refractivity contribution >= 4 is 48.9 Å². The lowest BCUT2D eigenvalue weighted by atomic mass is 10.2. The molecule has 0 fully saturated rings. The van der Waals surface area contributed by atoms with E-state index in [4.69, 9.17) is 16.3 Å². The first-order chi connectivity index (χ1) is 13.8. The van der Waals surface area contributed by atoms with Gasteiger partial charge in [0, 0.05) is 18.8 Å². The number of benzene rings is 2. The molecule has 2 heterocycles. The number of thiazole rings is 1. The van der Waals surface area contributed by atoms with E-state index in [1.54, 1.807) is 43.8 Å². The Labute approximate surface area is 177 Å². The van der Waals surface area contributed by atoms with Gasteiger partial charge >= 0.3 is 0 Å². The van der Waals surface area contributed by atoms with Gasteiger partial charge in [-0.25, -0.2) is 9.97 Å². The van der Waals surface area contributed by atoms with E-state index in [1.807, 2.05) is 18.2 Å². The number of hydrogen-bond acceptors (Lipinski definition) is 6.